The van der Waals surface area contributed by atoms with Crippen LogP contribution in [0, 0.1) is 5.82 Å². The van der Waals surface area contributed by atoms with Gasteiger partial charge in [-0.2, -0.15) is 0 Å². The Bertz CT molecular complexity index is 501. The fourth-order valence-electron chi connectivity index (χ4n) is 1.40. The summed E-state index contributed by atoms with van der Waals surface area (Å²) in [6.07, 6.45) is 1.49. The number of furan rings is 1. The van der Waals surface area contributed by atoms with E-state index < -0.39 is 11.9 Å². The van der Waals surface area contributed by atoms with Crippen LogP contribution in [-0.2, 0) is 0 Å². The highest BCUT2D eigenvalue weighted by molar-refractivity contribution is 9.10. The largest absolute Gasteiger partial charge is 0.467 e. The van der Waals surface area contributed by atoms with Crippen LogP contribution in [0.2, 0.25) is 5.02 Å². The molecule has 1 heterocycles. The van der Waals surface area contributed by atoms with E-state index in [-0.39, 0.29) is 0 Å². The zero-order valence-electron chi connectivity index (χ0n) is 8.08. The van der Waals surface area contributed by atoms with Crippen molar-refractivity contribution < 1.29 is 8.81 Å². The Morgan fingerprint density at radius 2 is 2.19 bits per heavy atom. The summed E-state index contributed by atoms with van der Waals surface area (Å²) in [6, 6.07) is 5.53. The molecule has 2 aromatic rings. The van der Waals surface area contributed by atoms with Crippen LogP contribution in [0.15, 0.2) is 39.4 Å². The quantitative estimate of drug-likeness (QED) is 0.855. The lowest BCUT2D eigenvalue weighted by Crippen LogP contribution is -2.12. The summed E-state index contributed by atoms with van der Waals surface area (Å²) in [5, 5.41) is 0.415. The Kier molecular flexibility index (Phi) is 3.33. The average Bonchev–Trinajstić information content (AvgIpc) is 2.75. The number of hydrogen-bond acceptors (Lipinski definition) is 2. The molecule has 84 valence electrons. The molecule has 0 saturated heterocycles. The second-order valence-corrected chi connectivity index (χ2v) is 4.54. The minimum atomic E-state index is -0.652. The van der Waals surface area contributed by atoms with Crippen LogP contribution >= 0.6 is 27.5 Å². The fraction of sp³-hybridized carbons (Fsp3) is 0.0909. The van der Waals surface area contributed by atoms with Gasteiger partial charge in [-0.15, -0.1) is 0 Å². The lowest BCUT2D eigenvalue weighted by molar-refractivity contribution is 0.480. The number of halogens is 3. The molecule has 0 aliphatic carbocycles. The van der Waals surface area contributed by atoms with Crippen molar-refractivity contribution in [1.82, 2.24) is 0 Å². The van der Waals surface area contributed by atoms with Crippen LogP contribution in [0.3, 0.4) is 0 Å². The minimum Gasteiger partial charge on any atom is -0.467 e. The van der Waals surface area contributed by atoms with Gasteiger partial charge in [0.05, 0.1) is 17.3 Å². The molecule has 0 saturated carbocycles. The molecular formula is C11H8BrClFNO. The smallest absolute Gasteiger partial charge is 0.129 e. The summed E-state index contributed by atoms with van der Waals surface area (Å²) in [4.78, 5) is 0. The van der Waals surface area contributed by atoms with Gasteiger partial charge < -0.3 is 10.2 Å². The first-order valence-electron chi connectivity index (χ1n) is 4.53. The lowest BCUT2D eigenvalue weighted by Gasteiger charge is -2.11. The highest BCUT2D eigenvalue weighted by atomic mass is 79.9. The number of benzene rings is 1. The molecule has 0 aliphatic rings. The predicted molar refractivity (Wildman–Crippen MR) is 63.8 cm³/mol. The Morgan fingerprint density at radius 3 is 2.81 bits per heavy atom. The molecule has 1 aromatic carbocycles. The van der Waals surface area contributed by atoms with E-state index in [1.54, 1.807) is 12.1 Å². The van der Waals surface area contributed by atoms with Crippen LogP contribution in [-0.4, -0.2) is 0 Å². The SMILES string of the molecule is NC(c1ccco1)c1cc(Cl)c(Br)cc1F. The predicted octanol–water partition coefficient (Wildman–Crippen LogP) is 3.88. The monoisotopic (exact) mass is 303 g/mol. The van der Waals surface area contributed by atoms with Crippen molar-refractivity contribution in [2.24, 2.45) is 5.73 Å². The molecule has 0 fully saturated rings. The van der Waals surface area contributed by atoms with E-state index in [1.165, 1.54) is 18.4 Å². The summed E-state index contributed by atoms with van der Waals surface area (Å²) in [5.74, 6) is 0.0810. The van der Waals surface area contributed by atoms with Gasteiger partial charge in [0.15, 0.2) is 0 Å². The first-order valence-corrected chi connectivity index (χ1v) is 5.70. The Hall–Kier alpha value is -0.840. The van der Waals surface area contributed by atoms with Gasteiger partial charge in [-0.25, -0.2) is 4.39 Å². The van der Waals surface area contributed by atoms with Crippen molar-refractivity contribution in [1.29, 1.82) is 0 Å². The average molecular weight is 305 g/mol. The molecule has 5 heteroatoms. The summed E-state index contributed by atoms with van der Waals surface area (Å²) < 4.78 is 19.3. The second kappa shape index (κ2) is 4.57. The second-order valence-electron chi connectivity index (χ2n) is 3.28. The van der Waals surface area contributed by atoms with E-state index in [0.717, 1.165) is 0 Å². The molecule has 2 N–H and O–H groups in total. The third kappa shape index (κ3) is 2.14. The number of nitrogens with two attached hydrogens (primary N) is 1. The molecule has 1 atom stereocenters. The Morgan fingerprint density at radius 1 is 1.44 bits per heavy atom. The van der Waals surface area contributed by atoms with Crippen LogP contribution in [0.4, 0.5) is 4.39 Å². The first-order chi connectivity index (χ1) is 7.59. The van der Waals surface area contributed by atoms with E-state index in [1.807, 2.05) is 0 Å². The standard InChI is InChI=1S/C11H8BrClFNO/c12-7-5-9(14)6(4-8(7)13)11(15)10-2-1-3-16-10/h1-5,11H,15H2. The summed E-state index contributed by atoms with van der Waals surface area (Å²) in [6.45, 7) is 0. The summed E-state index contributed by atoms with van der Waals surface area (Å²) in [7, 11) is 0. The highest BCUT2D eigenvalue weighted by Crippen LogP contribution is 2.30. The maximum atomic E-state index is 13.7. The van der Waals surface area contributed by atoms with Gasteiger partial charge in [0.1, 0.15) is 11.6 Å². The fourth-order valence-corrected chi connectivity index (χ4v) is 1.89. The van der Waals surface area contributed by atoms with Crippen LogP contribution < -0.4 is 5.73 Å². The van der Waals surface area contributed by atoms with E-state index in [4.69, 9.17) is 21.8 Å². The normalized spacial score (nSPS) is 12.8. The Labute approximate surface area is 105 Å². The maximum Gasteiger partial charge on any atom is 0.129 e. The summed E-state index contributed by atoms with van der Waals surface area (Å²) in [5.41, 5.74) is 6.18. The summed E-state index contributed by atoms with van der Waals surface area (Å²) >= 11 is 9.03. The third-order valence-corrected chi connectivity index (χ3v) is 3.42. The molecule has 0 spiro atoms. The van der Waals surface area contributed by atoms with Crippen molar-refractivity contribution in [3.63, 3.8) is 0 Å². The molecule has 0 amide bonds. The molecule has 1 aromatic heterocycles. The van der Waals surface area contributed by atoms with E-state index >= 15 is 0 Å². The van der Waals surface area contributed by atoms with Gasteiger partial charge in [-0.05, 0) is 40.2 Å². The van der Waals surface area contributed by atoms with Gasteiger partial charge >= 0.3 is 0 Å². The van der Waals surface area contributed by atoms with E-state index in [9.17, 15) is 4.39 Å². The minimum absolute atomic E-state index is 0.308. The van der Waals surface area contributed by atoms with Crippen molar-refractivity contribution in [2.45, 2.75) is 6.04 Å². The molecule has 16 heavy (non-hydrogen) atoms. The van der Waals surface area contributed by atoms with Crippen LogP contribution in [0.5, 0.6) is 0 Å². The molecule has 2 nitrogen and oxygen atoms in total. The van der Waals surface area contributed by atoms with Crippen LogP contribution in [0.25, 0.3) is 0 Å². The van der Waals surface area contributed by atoms with Gasteiger partial charge in [0.25, 0.3) is 0 Å². The van der Waals surface area contributed by atoms with E-state index in [0.29, 0.717) is 20.8 Å². The molecule has 0 bridgehead atoms. The van der Waals surface area contributed by atoms with Crippen molar-refractivity contribution in [3.8, 4) is 0 Å². The molecule has 2 rings (SSSR count). The molecule has 1 unspecified atom stereocenters. The topological polar surface area (TPSA) is 39.2 Å². The highest BCUT2D eigenvalue weighted by Gasteiger charge is 2.17. The maximum absolute atomic E-state index is 13.7. The van der Waals surface area contributed by atoms with Crippen molar-refractivity contribution in [2.75, 3.05) is 0 Å². The zero-order valence-corrected chi connectivity index (χ0v) is 10.4. The van der Waals surface area contributed by atoms with Crippen LogP contribution in [0.1, 0.15) is 17.4 Å². The van der Waals surface area contributed by atoms with Gasteiger partial charge in [0, 0.05) is 10.0 Å². The lowest BCUT2D eigenvalue weighted by atomic mass is 10.1. The zero-order chi connectivity index (χ0) is 11.7. The van der Waals surface area contributed by atoms with Crippen molar-refractivity contribution >= 4 is 27.5 Å². The van der Waals surface area contributed by atoms with Crippen molar-refractivity contribution in [3.05, 3.63) is 57.2 Å². The first kappa shape index (κ1) is 11.6. The van der Waals surface area contributed by atoms with Gasteiger partial charge in [-0.3, -0.25) is 0 Å². The third-order valence-electron chi connectivity index (χ3n) is 2.22. The molecule has 0 radical (unpaired) electrons. The van der Waals surface area contributed by atoms with Gasteiger partial charge in [0.2, 0.25) is 0 Å². The molecule has 0 aliphatic heterocycles. The molecular weight excluding hydrogens is 296 g/mol. The number of rotatable bonds is 2. The Balaban J connectivity index is 2.44. The van der Waals surface area contributed by atoms with E-state index in [2.05, 4.69) is 15.9 Å². The van der Waals surface area contributed by atoms with Gasteiger partial charge in [-0.1, -0.05) is 11.6 Å². The number of hydrogen-bond donors (Lipinski definition) is 1.